The van der Waals surface area contributed by atoms with Gasteiger partial charge in [0.15, 0.2) is 5.78 Å². The van der Waals surface area contributed by atoms with Crippen LogP contribution >= 0.6 is 0 Å². The van der Waals surface area contributed by atoms with Gasteiger partial charge < -0.3 is 4.57 Å². The normalized spacial score (nSPS) is 15.0. The summed E-state index contributed by atoms with van der Waals surface area (Å²) in [4.78, 5) is 12.6. The maximum atomic E-state index is 12.6. The summed E-state index contributed by atoms with van der Waals surface area (Å²) in [7, 11) is 0. The summed E-state index contributed by atoms with van der Waals surface area (Å²) in [5.74, 6) is 0.299. The highest BCUT2D eigenvalue weighted by Crippen LogP contribution is 2.33. The average Bonchev–Trinajstić information content (AvgIpc) is 2.74. The second-order valence-electron chi connectivity index (χ2n) is 5.64. The molecule has 1 aromatic heterocycles. The molecule has 0 aliphatic heterocycles. The van der Waals surface area contributed by atoms with Gasteiger partial charge in [0, 0.05) is 28.8 Å². The lowest BCUT2D eigenvalue weighted by molar-refractivity contribution is 0.0983. The Balaban J connectivity index is 2.11. The Morgan fingerprint density at radius 3 is 2.38 bits per heavy atom. The lowest BCUT2D eigenvalue weighted by Gasteiger charge is -2.10. The molecule has 0 N–H and O–H groups in total. The van der Waals surface area contributed by atoms with E-state index < -0.39 is 0 Å². The van der Waals surface area contributed by atoms with Crippen LogP contribution in [0.5, 0.6) is 0 Å². The molecule has 0 amide bonds. The van der Waals surface area contributed by atoms with Gasteiger partial charge in [0.1, 0.15) is 0 Å². The molecule has 0 atom stereocenters. The van der Waals surface area contributed by atoms with E-state index in [1.807, 2.05) is 18.2 Å². The lowest BCUT2D eigenvalue weighted by atomic mass is 10.1. The van der Waals surface area contributed by atoms with Gasteiger partial charge >= 0.3 is 0 Å². The van der Waals surface area contributed by atoms with E-state index >= 15 is 0 Å². The van der Waals surface area contributed by atoms with Crippen LogP contribution in [-0.4, -0.2) is 10.4 Å². The van der Waals surface area contributed by atoms with Crippen molar-refractivity contribution >= 4 is 16.7 Å². The third kappa shape index (κ3) is 1.90. The van der Waals surface area contributed by atoms with Gasteiger partial charge in [-0.05, 0) is 37.5 Å². The Morgan fingerprint density at radius 2 is 1.52 bits per heavy atom. The van der Waals surface area contributed by atoms with Crippen molar-refractivity contribution in [3.8, 4) is 5.69 Å². The van der Waals surface area contributed by atoms with Gasteiger partial charge in [-0.1, -0.05) is 36.4 Å². The number of ketones is 1. The summed E-state index contributed by atoms with van der Waals surface area (Å²) >= 11 is 0. The van der Waals surface area contributed by atoms with E-state index in [1.165, 1.54) is 5.69 Å². The summed E-state index contributed by atoms with van der Waals surface area (Å²) in [5.41, 5.74) is 4.42. The van der Waals surface area contributed by atoms with Gasteiger partial charge in [0.05, 0.1) is 5.52 Å². The molecule has 0 saturated heterocycles. The number of hydrogen-bond donors (Lipinski definition) is 0. The molecule has 0 fully saturated rings. The molecule has 0 radical (unpaired) electrons. The fourth-order valence-corrected chi connectivity index (χ4v) is 3.42. The third-order valence-electron chi connectivity index (χ3n) is 4.33. The number of rotatable bonds is 1. The second-order valence-corrected chi connectivity index (χ2v) is 5.64. The second kappa shape index (κ2) is 4.88. The van der Waals surface area contributed by atoms with E-state index in [-0.39, 0.29) is 0 Å². The number of aromatic nitrogens is 1. The van der Waals surface area contributed by atoms with Crippen molar-refractivity contribution in [3.63, 3.8) is 0 Å². The predicted octanol–water partition coefficient (Wildman–Crippen LogP) is 4.54. The third-order valence-corrected chi connectivity index (χ3v) is 4.33. The molecule has 2 aromatic carbocycles. The van der Waals surface area contributed by atoms with Crippen LogP contribution in [-0.2, 0) is 6.42 Å². The molecule has 1 heterocycles. The fraction of sp³-hybridized carbons (Fsp3) is 0.211. The molecule has 4 rings (SSSR count). The van der Waals surface area contributed by atoms with Crippen LogP contribution in [0.25, 0.3) is 16.6 Å². The van der Waals surface area contributed by atoms with Crippen molar-refractivity contribution in [2.75, 3.05) is 0 Å². The van der Waals surface area contributed by atoms with Crippen molar-refractivity contribution in [2.45, 2.75) is 25.7 Å². The predicted molar refractivity (Wildman–Crippen MR) is 85.2 cm³/mol. The Bertz CT molecular complexity index is 814. The zero-order valence-electron chi connectivity index (χ0n) is 11.9. The van der Waals surface area contributed by atoms with Gasteiger partial charge in [-0.3, -0.25) is 4.79 Å². The van der Waals surface area contributed by atoms with E-state index in [9.17, 15) is 4.79 Å². The molecule has 2 heteroatoms. The molecule has 3 aromatic rings. The highest BCUT2D eigenvalue weighted by molar-refractivity contribution is 6.10. The Labute approximate surface area is 124 Å². The quantitative estimate of drug-likeness (QED) is 0.598. The molecule has 2 nitrogen and oxygen atoms in total. The zero-order chi connectivity index (χ0) is 14.2. The topological polar surface area (TPSA) is 22.0 Å². The van der Waals surface area contributed by atoms with Gasteiger partial charge in [-0.2, -0.15) is 0 Å². The largest absolute Gasteiger partial charge is 0.313 e. The highest BCUT2D eigenvalue weighted by atomic mass is 16.1. The van der Waals surface area contributed by atoms with E-state index in [0.717, 1.165) is 41.4 Å². The van der Waals surface area contributed by atoms with Crippen LogP contribution in [0, 0.1) is 0 Å². The summed E-state index contributed by atoms with van der Waals surface area (Å²) in [6, 6.07) is 18.6. The van der Waals surface area contributed by atoms with Crippen LogP contribution in [0.3, 0.4) is 0 Å². The molecule has 0 saturated carbocycles. The monoisotopic (exact) mass is 275 g/mol. The summed E-state index contributed by atoms with van der Waals surface area (Å²) in [6.07, 6.45) is 3.74. The van der Waals surface area contributed by atoms with Gasteiger partial charge in [-0.25, -0.2) is 0 Å². The summed E-state index contributed by atoms with van der Waals surface area (Å²) < 4.78 is 2.27. The minimum Gasteiger partial charge on any atom is -0.313 e. The molecular formula is C19H17NO. The number of carbonyl (C=O) groups excluding carboxylic acids is 1. The molecular weight excluding hydrogens is 258 g/mol. The maximum Gasteiger partial charge on any atom is 0.165 e. The summed E-state index contributed by atoms with van der Waals surface area (Å²) in [6.45, 7) is 0. The molecule has 104 valence electrons. The number of para-hydroxylation sites is 2. The van der Waals surface area contributed by atoms with E-state index in [2.05, 4.69) is 41.0 Å². The van der Waals surface area contributed by atoms with E-state index in [1.54, 1.807) is 0 Å². The minimum absolute atomic E-state index is 0.299. The molecule has 0 spiro atoms. The van der Waals surface area contributed by atoms with Crippen molar-refractivity contribution < 1.29 is 4.79 Å². The number of hydrogen-bond acceptors (Lipinski definition) is 1. The summed E-state index contributed by atoms with van der Waals surface area (Å²) in [5, 5.41) is 1.10. The minimum atomic E-state index is 0.299. The number of benzene rings is 2. The molecule has 1 aliphatic rings. The average molecular weight is 275 g/mol. The van der Waals surface area contributed by atoms with Crippen molar-refractivity contribution in [3.05, 3.63) is 65.9 Å². The standard InChI is InChI=1S/C19H17NO/c21-18-13-7-6-12-17-19(18)15-10-4-5-11-16(15)20(17)14-8-2-1-3-9-14/h1-5,8-11H,6-7,12-13H2. The van der Waals surface area contributed by atoms with Gasteiger partial charge in [-0.15, -0.1) is 0 Å². The number of fused-ring (bicyclic) bond motifs is 3. The van der Waals surface area contributed by atoms with Crippen LogP contribution in [0.1, 0.15) is 35.3 Å². The molecule has 1 aliphatic carbocycles. The molecule has 0 unspecified atom stereocenters. The first kappa shape index (κ1) is 12.4. The Kier molecular flexibility index (Phi) is 2.88. The van der Waals surface area contributed by atoms with E-state index in [4.69, 9.17) is 0 Å². The van der Waals surface area contributed by atoms with Crippen LogP contribution in [0.4, 0.5) is 0 Å². The first-order valence-corrected chi connectivity index (χ1v) is 7.57. The maximum absolute atomic E-state index is 12.6. The highest BCUT2D eigenvalue weighted by Gasteiger charge is 2.24. The molecule has 21 heavy (non-hydrogen) atoms. The van der Waals surface area contributed by atoms with Crippen LogP contribution in [0.15, 0.2) is 54.6 Å². The first-order chi connectivity index (χ1) is 10.4. The van der Waals surface area contributed by atoms with Gasteiger partial charge in [0.2, 0.25) is 0 Å². The van der Waals surface area contributed by atoms with Crippen LogP contribution < -0.4 is 0 Å². The Hall–Kier alpha value is -2.35. The van der Waals surface area contributed by atoms with Crippen molar-refractivity contribution in [2.24, 2.45) is 0 Å². The lowest BCUT2D eigenvalue weighted by Crippen LogP contribution is -2.03. The van der Waals surface area contributed by atoms with Crippen LogP contribution in [0.2, 0.25) is 0 Å². The Morgan fingerprint density at radius 1 is 0.810 bits per heavy atom. The number of nitrogens with zero attached hydrogens (tertiary/aromatic N) is 1. The first-order valence-electron chi connectivity index (χ1n) is 7.57. The number of carbonyl (C=O) groups is 1. The van der Waals surface area contributed by atoms with Crippen molar-refractivity contribution in [1.82, 2.24) is 4.57 Å². The van der Waals surface area contributed by atoms with E-state index in [0.29, 0.717) is 12.2 Å². The van der Waals surface area contributed by atoms with Crippen molar-refractivity contribution in [1.29, 1.82) is 0 Å². The SMILES string of the molecule is O=C1CCCCc2c1c1ccccc1n2-c1ccccc1. The number of Topliss-reactive ketones (excluding diaryl/α,β-unsaturated/α-hetero) is 1. The smallest absolute Gasteiger partial charge is 0.165 e. The zero-order valence-corrected chi connectivity index (χ0v) is 11.9. The molecule has 0 bridgehead atoms. The fourth-order valence-electron chi connectivity index (χ4n) is 3.42. The van der Waals surface area contributed by atoms with Gasteiger partial charge in [0.25, 0.3) is 0 Å².